The van der Waals surface area contributed by atoms with Crippen molar-refractivity contribution >= 4 is 5.91 Å². The number of benzene rings is 1. The van der Waals surface area contributed by atoms with Gasteiger partial charge in [-0.3, -0.25) is 4.79 Å². The van der Waals surface area contributed by atoms with E-state index in [1.165, 1.54) is 6.07 Å². The summed E-state index contributed by atoms with van der Waals surface area (Å²) in [6, 6.07) is 6.59. The summed E-state index contributed by atoms with van der Waals surface area (Å²) in [6.45, 7) is 3.07. The van der Waals surface area contributed by atoms with Crippen LogP contribution < -0.4 is 0 Å². The fourth-order valence-corrected chi connectivity index (χ4v) is 2.49. The van der Waals surface area contributed by atoms with Gasteiger partial charge in [-0.25, -0.2) is 4.39 Å². The van der Waals surface area contributed by atoms with Gasteiger partial charge in [0.1, 0.15) is 5.82 Å². The third-order valence-electron chi connectivity index (χ3n) is 3.73. The van der Waals surface area contributed by atoms with Crippen molar-refractivity contribution in [3.8, 4) is 0 Å². The SMILES string of the molecule is CC(CC(=O)N1CCC(O)CC1)c1ccccc1F. The molecule has 1 atom stereocenters. The van der Waals surface area contributed by atoms with Gasteiger partial charge in [-0.1, -0.05) is 25.1 Å². The minimum Gasteiger partial charge on any atom is -0.393 e. The largest absolute Gasteiger partial charge is 0.393 e. The van der Waals surface area contributed by atoms with Gasteiger partial charge in [-0.15, -0.1) is 0 Å². The van der Waals surface area contributed by atoms with Crippen molar-refractivity contribution in [2.75, 3.05) is 13.1 Å². The van der Waals surface area contributed by atoms with Gasteiger partial charge in [-0.2, -0.15) is 0 Å². The van der Waals surface area contributed by atoms with Gasteiger partial charge < -0.3 is 10.0 Å². The Morgan fingerprint density at radius 2 is 2.05 bits per heavy atom. The number of aliphatic hydroxyl groups is 1. The van der Waals surface area contributed by atoms with Crippen molar-refractivity contribution in [2.45, 2.75) is 38.2 Å². The molecular formula is C15H20FNO2. The van der Waals surface area contributed by atoms with E-state index in [0.29, 0.717) is 37.9 Å². The molecule has 4 heteroatoms. The van der Waals surface area contributed by atoms with Crippen LogP contribution in [0.1, 0.15) is 37.7 Å². The second-order valence-electron chi connectivity index (χ2n) is 5.24. The lowest BCUT2D eigenvalue weighted by Gasteiger charge is -2.30. The highest BCUT2D eigenvalue weighted by Crippen LogP contribution is 2.23. The van der Waals surface area contributed by atoms with Gasteiger partial charge in [0, 0.05) is 19.5 Å². The lowest BCUT2D eigenvalue weighted by molar-refractivity contribution is -0.133. The summed E-state index contributed by atoms with van der Waals surface area (Å²) in [5.74, 6) is -0.333. The molecule has 1 aromatic carbocycles. The number of amides is 1. The molecule has 2 rings (SSSR count). The zero-order valence-corrected chi connectivity index (χ0v) is 11.2. The number of rotatable bonds is 3. The van der Waals surface area contributed by atoms with Crippen molar-refractivity contribution in [1.29, 1.82) is 0 Å². The standard InChI is InChI=1S/C15H20FNO2/c1-11(13-4-2-3-5-14(13)16)10-15(19)17-8-6-12(18)7-9-17/h2-5,11-12,18H,6-10H2,1H3. The van der Waals surface area contributed by atoms with E-state index in [2.05, 4.69) is 0 Å². The Morgan fingerprint density at radius 3 is 2.68 bits per heavy atom. The lowest BCUT2D eigenvalue weighted by Crippen LogP contribution is -2.40. The van der Waals surface area contributed by atoms with Crippen LogP contribution in [0, 0.1) is 5.82 Å². The summed E-state index contributed by atoms with van der Waals surface area (Å²) in [5, 5.41) is 9.42. The monoisotopic (exact) mass is 265 g/mol. The van der Waals surface area contributed by atoms with Crippen LogP contribution in [0.5, 0.6) is 0 Å². The molecule has 1 fully saturated rings. The van der Waals surface area contributed by atoms with E-state index in [1.807, 2.05) is 6.92 Å². The maximum atomic E-state index is 13.6. The van der Waals surface area contributed by atoms with E-state index in [4.69, 9.17) is 0 Å². The highest BCUT2D eigenvalue weighted by molar-refractivity contribution is 5.77. The molecule has 1 aliphatic heterocycles. The highest BCUT2D eigenvalue weighted by atomic mass is 19.1. The number of nitrogens with zero attached hydrogens (tertiary/aromatic N) is 1. The molecule has 1 saturated heterocycles. The smallest absolute Gasteiger partial charge is 0.223 e. The van der Waals surface area contributed by atoms with Gasteiger partial charge in [-0.05, 0) is 30.4 Å². The minimum absolute atomic E-state index is 0.0441. The van der Waals surface area contributed by atoms with E-state index in [-0.39, 0.29) is 23.7 Å². The van der Waals surface area contributed by atoms with Crippen molar-refractivity contribution in [1.82, 2.24) is 4.90 Å². The molecule has 0 spiro atoms. The Balaban J connectivity index is 1.94. The van der Waals surface area contributed by atoms with Crippen LogP contribution in [0.4, 0.5) is 4.39 Å². The number of hydrogen-bond donors (Lipinski definition) is 1. The number of hydrogen-bond acceptors (Lipinski definition) is 2. The predicted octanol–water partition coefficient (Wildman–Crippen LogP) is 2.30. The van der Waals surface area contributed by atoms with E-state index >= 15 is 0 Å². The molecule has 1 aromatic rings. The first-order chi connectivity index (χ1) is 9.08. The quantitative estimate of drug-likeness (QED) is 0.911. The Hall–Kier alpha value is -1.42. The van der Waals surface area contributed by atoms with Gasteiger partial charge in [0.15, 0.2) is 0 Å². The van der Waals surface area contributed by atoms with Crippen LogP contribution in [0.3, 0.4) is 0 Å². The van der Waals surface area contributed by atoms with Crippen molar-refractivity contribution < 1.29 is 14.3 Å². The van der Waals surface area contributed by atoms with Crippen LogP contribution in [-0.4, -0.2) is 35.1 Å². The van der Waals surface area contributed by atoms with Gasteiger partial charge in [0.2, 0.25) is 5.91 Å². The molecular weight excluding hydrogens is 245 g/mol. The topological polar surface area (TPSA) is 40.5 Å². The molecule has 104 valence electrons. The maximum absolute atomic E-state index is 13.6. The summed E-state index contributed by atoms with van der Waals surface area (Å²) < 4.78 is 13.6. The molecule has 1 N–H and O–H groups in total. The number of carbonyl (C=O) groups is 1. The number of carbonyl (C=O) groups excluding carboxylic acids is 1. The third kappa shape index (κ3) is 3.53. The summed E-state index contributed by atoms with van der Waals surface area (Å²) in [7, 11) is 0. The molecule has 0 saturated carbocycles. The molecule has 1 amide bonds. The number of aliphatic hydroxyl groups excluding tert-OH is 1. The van der Waals surface area contributed by atoms with E-state index < -0.39 is 0 Å². The Labute approximate surface area is 113 Å². The third-order valence-corrected chi connectivity index (χ3v) is 3.73. The second kappa shape index (κ2) is 6.15. The second-order valence-corrected chi connectivity index (χ2v) is 5.24. The number of halogens is 1. The lowest BCUT2D eigenvalue weighted by atomic mass is 9.96. The number of piperidine rings is 1. The highest BCUT2D eigenvalue weighted by Gasteiger charge is 2.23. The summed E-state index contributed by atoms with van der Waals surface area (Å²) in [6.07, 6.45) is 1.31. The van der Waals surface area contributed by atoms with Gasteiger partial charge >= 0.3 is 0 Å². The van der Waals surface area contributed by atoms with E-state index in [1.54, 1.807) is 23.1 Å². The Bertz CT molecular complexity index is 442. The normalized spacial score (nSPS) is 18.4. The van der Waals surface area contributed by atoms with Crippen LogP contribution >= 0.6 is 0 Å². The Kier molecular flexibility index (Phi) is 4.53. The first-order valence-electron chi connectivity index (χ1n) is 6.78. The number of likely N-dealkylation sites (tertiary alicyclic amines) is 1. The molecule has 3 nitrogen and oxygen atoms in total. The van der Waals surface area contributed by atoms with Crippen molar-refractivity contribution in [3.05, 3.63) is 35.6 Å². The first-order valence-corrected chi connectivity index (χ1v) is 6.78. The molecule has 0 radical (unpaired) electrons. The molecule has 19 heavy (non-hydrogen) atoms. The summed E-state index contributed by atoms with van der Waals surface area (Å²) in [5.41, 5.74) is 0.591. The fourth-order valence-electron chi connectivity index (χ4n) is 2.49. The van der Waals surface area contributed by atoms with Crippen LogP contribution in [0.15, 0.2) is 24.3 Å². The molecule has 1 heterocycles. The zero-order valence-electron chi connectivity index (χ0n) is 11.2. The average Bonchev–Trinajstić information content (AvgIpc) is 2.39. The van der Waals surface area contributed by atoms with E-state index in [9.17, 15) is 14.3 Å². The maximum Gasteiger partial charge on any atom is 0.223 e. The molecule has 0 aromatic heterocycles. The minimum atomic E-state index is -0.284. The molecule has 1 unspecified atom stereocenters. The van der Waals surface area contributed by atoms with Crippen LogP contribution in [0.2, 0.25) is 0 Å². The van der Waals surface area contributed by atoms with Gasteiger partial charge in [0.25, 0.3) is 0 Å². The summed E-state index contributed by atoms with van der Waals surface area (Å²) >= 11 is 0. The molecule has 0 bridgehead atoms. The summed E-state index contributed by atoms with van der Waals surface area (Å²) in [4.78, 5) is 13.9. The van der Waals surface area contributed by atoms with Gasteiger partial charge in [0.05, 0.1) is 6.10 Å². The fraction of sp³-hybridized carbons (Fsp3) is 0.533. The average molecular weight is 265 g/mol. The first kappa shape index (κ1) is 14.0. The predicted molar refractivity (Wildman–Crippen MR) is 71.3 cm³/mol. The van der Waals surface area contributed by atoms with Crippen LogP contribution in [-0.2, 0) is 4.79 Å². The van der Waals surface area contributed by atoms with Crippen molar-refractivity contribution in [3.63, 3.8) is 0 Å². The zero-order chi connectivity index (χ0) is 13.8. The Morgan fingerprint density at radius 1 is 1.42 bits per heavy atom. The van der Waals surface area contributed by atoms with Crippen molar-refractivity contribution in [2.24, 2.45) is 0 Å². The molecule has 1 aliphatic rings. The molecule has 0 aliphatic carbocycles. The van der Waals surface area contributed by atoms with E-state index in [0.717, 1.165) is 0 Å². The van der Waals surface area contributed by atoms with Crippen LogP contribution in [0.25, 0.3) is 0 Å².